The fraction of sp³-hybridized carbons (Fsp3) is 0.324. The summed E-state index contributed by atoms with van der Waals surface area (Å²) in [6.07, 6.45) is 0.0318. The Morgan fingerprint density at radius 3 is 2.26 bits per heavy atom. The van der Waals surface area contributed by atoms with Gasteiger partial charge in [0.2, 0.25) is 11.8 Å². The van der Waals surface area contributed by atoms with Crippen molar-refractivity contribution in [2.45, 2.75) is 32.8 Å². The highest BCUT2D eigenvalue weighted by Crippen LogP contribution is 2.37. The van der Waals surface area contributed by atoms with Gasteiger partial charge in [0.05, 0.1) is 17.9 Å². The van der Waals surface area contributed by atoms with Crippen LogP contribution in [0.5, 0.6) is 5.75 Å². The van der Waals surface area contributed by atoms with Gasteiger partial charge in [-0.15, -0.1) is 0 Å². The van der Waals surface area contributed by atoms with Crippen molar-refractivity contribution in [3.05, 3.63) is 107 Å². The van der Waals surface area contributed by atoms with Gasteiger partial charge in [0, 0.05) is 44.2 Å². The zero-order valence-corrected chi connectivity index (χ0v) is 24.5. The maximum absolute atomic E-state index is 14.2. The van der Waals surface area contributed by atoms with Gasteiger partial charge in [0.25, 0.3) is 0 Å². The molecular formula is C34H36FN3O5. The van der Waals surface area contributed by atoms with E-state index in [2.05, 4.69) is 0 Å². The number of carbonyl (C=O) groups is 3. The van der Waals surface area contributed by atoms with E-state index >= 15 is 0 Å². The Morgan fingerprint density at radius 2 is 1.58 bits per heavy atom. The first-order valence-corrected chi connectivity index (χ1v) is 14.6. The Bertz CT molecular complexity index is 1480. The molecule has 1 unspecified atom stereocenters. The van der Waals surface area contributed by atoms with Crippen molar-refractivity contribution in [2.24, 2.45) is 0 Å². The number of anilines is 1. The van der Waals surface area contributed by atoms with Crippen LogP contribution in [0.3, 0.4) is 0 Å². The van der Waals surface area contributed by atoms with Crippen LogP contribution in [0.2, 0.25) is 0 Å². The second-order valence-electron chi connectivity index (χ2n) is 10.6. The number of para-hydroxylation sites is 1. The number of esters is 1. The van der Waals surface area contributed by atoms with Crippen molar-refractivity contribution in [1.29, 1.82) is 0 Å². The van der Waals surface area contributed by atoms with Crippen LogP contribution in [0.25, 0.3) is 0 Å². The lowest BCUT2D eigenvalue weighted by Gasteiger charge is -2.38. The predicted octanol–water partition coefficient (Wildman–Crippen LogP) is 4.91. The quantitative estimate of drug-likeness (QED) is 0.332. The number of amides is 2. The number of carbonyl (C=O) groups excluding carboxylic acids is 3. The standard InChI is InChI=1S/C34H36FN3O5/c1-3-42-34(41)33-24(2)38(22-32(40)37-19-17-36(18-20-37)30-12-8-7-11-29(30)35)31(39)21-28(33)26-13-15-27(16-14-26)43-23-25-9-5-4-6-10-25/h4-16,28H,3,17-23H2,1-2H3. The Labute approximate surface area is 251 Å². The zero-order valence-electron chi connectivity index (χ0n) is 24.5. The number of hydrogen-bond donors (Lipinski definition) is 0. The first-order valence-electron chi connectivity index (χ1n) is 14.6. The summed E-state index contributed by atoms with van der Waals surface area (Å²) in [4.78, 5) is 44.9. The van der Waals surface area contributed by atoms with Crippen molar-refractivity contribution in [2.75, 3.05) is 44.2 Å². The minimum Gasteiger partial charge on any atom is -0.489 e. The van der Waals surface area contributed by atoms with Crippen molar-refractivity contribution >= 4 is 23.5 Å². The Hall–Kier alpha value is -4.66. The number of hydrogen-bond acceptors (Lipinski definition) is 6. The molecule has 2 aliphatic heterocycles. The maximum Gasteiger partial charge on any atom is 0.336 e. The van der Waals surface area contributed by atoms with E-state index in [9.17, 15) is 18.8 Å². The summed E-state index contributed by atoms with van der Waals surface area (Å²) in [7, 11) is 0. The second kappa shape index (κ2) is 13.5. The first-order chi connectivity index (χ1) is 20.9. The molecule has 3 aromatic rings. The molecule has 2 amide bonds. The van der Waals surface area contributed by atoms with Crippen LogP contribution >= 0.6 is 0 Å². The molecule has 0 bridgehead atoms. The van der Waals surface area contributed by atoms with E-state index < -0.39 is 11.9 Å². The number of ether oxygens (including phenoxy) is 2. The molecule has 1 saturated heterocycles. The monoisotopic (exact) mass is 585 g/mol. The van der Waals surface area contributed by atoms with E-state index in [1.807, 2.05) is 59.5 Å². The molecule has 5 rings (SSSR count). The molecule has 0 spiro atoms. The zero-order chi connectivity index (χ0) is 30.3. The van der Waals surface area contributed by atoms with E-state index in [0.29, 0.717) is 55.5 Å². The normalized spacial score (nSPS) is 17.2. The molecule has 224 valence electrons. The molecular weight excluding hydrogens is 549 g/mol. The van der Waals surface area contributed by atoms with Crippen LogP contribution in [0, 0.1) is 5.82 Å². The SMILES string of the molecule is CCOC(=O)C1=C(C)N(CC(=O)N2CCN(c3ccccc3F)CC2)C(=O)CC1c1ccc(OCc2ccccc2)cc1. The minimum atomic E-state index is -0.509. The summed E-state index contributed by atoms with van der Waals surface area (Å²) in [5.41, 5.74) is 3.15. The Morgan fingerprint density at radius 1 is 0.907 bits per heavy atom. The molecule has 2 aliphatic rings. The highest BCUT2D eigenvalue weighted by Gasteiger charge is 2.38. The fourth-order valence-corrected chi connectivity index (χ4v) is 5.64. The summed E-state index contributed by atoms with van der Waals surface area (Å²) in [6, 6.07) is 23.8. The smallest absolute Gasteiger partial charge is 0.336 e. The lowest BCUT2D eigenvalue weighted by molar-refractivity contribution is -0.142. The molecule has 1 atom stereocenters. The van der Waals surface area contributed by atoms with Gasteiger partial charge < -0.3 is 24.2 Å². The maximum atomic E-state index is 14.2. The number of halogens is 1. The Kier molecular flexibility index (Phi) is 9.39. The molecule has 1 fully saturated rings. The molecule has 0 N–H and O–H groups in total. The lowest BCUT2D eigenvalue weighted by atomic mass is 9.83. The van der Waals surface area contributed by atoms with Gasteiger partial charge in [-0.25, -0.2) is 9.18 Å². The molecule has 43 heavy (non-hydrogen) atoms. The van der Waals surface area contributed by atoms with Gasteiger partial charge in [0.1, 0.15) is 24.7 Å². The summed E-state index contributed by atoms with van der Waals surface area (Å²) in [5.74, 6) is -1.09. The minimum absolute atomic E-state index is 0.0318. The number of rotatable bonds is 9. The second-order valence-corrected chi connectivity index (χ2v) is 10.6. The largest absolute Gasteiger partial charge is 0.489 e. The van der Waals surface area contributed by atoms with E-state index in [-0.39, 0.29) is 37.2 Å². The average molecular weight is 586 g/mol. The summed E-state index contributed by atoms with van der Waals surface area (Å²) >= 11 is 0. The van der Waals surface area contributed by atoms with Crippen molar-refractivity contribution in [1.82, 2.24) is 9.80 Å². The third-order valence-corrected chi connectivity index (χ3v) is 7.97. The van der Waals surface area contributed by atoms with Gasteiger partial charge in [0.15, 0.2) is 0 Å². The highest BCUT2D eigenvalue weighted by molar-refractivity contribution is 5.97. The first kappa shape index (κ1) is 29.8. The molecule has 0 saturated carbocycles. The molecule has 2 heterocycles. The van der Waals surface area contributed by atoms with E-state index in [0.717, 1.165) is 11.1 Å². The topological polar surface area (TPSA) is 79.4 Å². The number of benzene rings is 3. The molecule has 8 nitrogen and oxygen atoms in total. The summed E-state index contributed by atoms with van der Waals surface area (Å²) in [6.45, 7) is 5.65. The highest BCUT2D eigenvalue weighted by atomic mass is 19.1. The number of allylic oxidation sites excluding steroid dienone is 1. The van der Waals surface area contributed by atoms with Crippen LogP contribution < -0.4 is 9.64 Å². The van der Waals surface area contributed by atoms with Crippen LogP contribution in [0.15, 0.2) is 90.1 Å². The van der Waals surface area contributed by atoms with Crippen molar-refractivity contribution in [3.8, 4) is 5.75 Å². The third-order valence-electron chi connectivity index (χ3n) is 7.97. The molecule has 0 radical (unpaired) electrons. The van der Waals surface area contributed by atoms with Crippen LogP contribution in [0.4, 0.5) is 10.1 Å². The van der Waals surface area contributed by atoms with Gasteiger partial charge in [-0.05, 0) is 49.2 Å². The Balaban J connectivity index is 1.28. The lowest BCUT2D eigenvalue weighted by Crippen LogP contribution is -2.52. The predicted molar refractivity (Wildman–Crippen MR) is 161 cm³/mol. The molecule has 0 aromatic heterocycles. The van der Waals surface area contributed by atoms with Crippen LogP contribution in [-0.4, -0.2) is 66.9 Å². The molecule has 3 aromatic carbocycles. The number of nitrogens with zero attached hydrogens (tertiary/aromatic N) is 3. The summed E-state index contributed by atoms with van der Waals surface area (Å²) < 4.78 is 25.5. The van der Waals surface area contributed by atoms with Crippen molar-refractivity contribution < 1.29 is 28.2 Å². The van der Waals surface area contributed by atoms with Gasteiger partial charge in [-0.2, -0.15) is 0 Å². The van der Waals surface area contributed by atoms with Crippen LogP contribution in [-0.2, 0) is 25.7 Å². The average Bonchev–Trinajstić information content (AvgIpc) is 3.03. The van der Waals surface area contributed by atoms with Gasteiger partial charge in [-0.1, -0.05) is 54.6 Å². The molecule has 9 heteroatoms. The molecule has 0 aliphatic carbocycles. The fourth-order valence-electron chi connectivity index (χ4n) is 5.64. The van der Waals surface area contributed by atoms with E-state index in [1.165, 1.54) is 11.0 Å². The van der Waals surface area contributed by atoms with Gasteiger partial charge in [-0.3, -0.25) is 9.59 Å². The van der Waals surface area contributed by atoms with Crippen molar-refractivity contribution in [3.63, 3.8) is 0 Å². The van der Waals surface area contributed by atoms with Gasteiger partial charge >= 0.3 is 5.97 Å². The van der Waals surface area contributed by atoms with Crippen LogP contribution in [0.1, 0.15) is 37.3 Å². The number of piperazine rings is 1. The van der Waals surface area contributed by atoms with E-state index in [4.69, 9.17) is 9.47 Å². The summed E-state index contributed by atoms with van der Waals surface area (Å²) in [5, 5.41) is 0. The van der Waals surface area contributed by atoms with E-state index in [1.54, 1.807) is 36.9 Å². The third kappa shape index (κ3) is 6.88.